The van der Waals surface area contributed by atoms with Gasteiger partial charge in [0.05, 0.1) is 22.7 Å². The van der Waals surface area contributed by atoms with Crippen LogP contribution in [0.4, 0.5) is 0 Å². The zero-order chi connectivity index (χ0) is 26.3. The molecule has 2 atom stereocenters. The Labute approximate surface area is 221 Å². The van der Waals surface area contributed by atoms with Gasteiger partial charge in [-0.25, -0.2) is 0 Å². The topological polar surface area (TPSA) is 96.7 Å². The van der Waals surface area contributed by atoms with Gasteiger partial charge in [-0.1, -0.05) is 17.7 Å². The van der Waals surface area contributed by atoms with Gasteiger partial charge in [0, 0.05) is 41.8 Å². The average molecular weight is 525 g/mol. The third kappa shape index (κ3) is 5.10. The van der Waals surface area contributed by atoms with Crippen LogP contribution in [0.5, 0.6) is 5.75 Å². The van der Waals surface area contributed by atoms with E-state index in [2.05, 4.69) is 10.4 Å². The predicted octanol–water partition coefficient (Wildman–Crippen LogP) is 4.44. The summed E-state index contributed by atoms with van der Waals surface area (Å²) in [6, 6.07) is 9.67. The summed E-state index contributed by atoms with van der Waals surface area (Å²) in [6.45, 7) is 7.09. The highest BCUT2D eigenvalue weighted by Gasteiger charge is 2.44. The molecule has 1 saturated carbocycles. The maximum atomic E-state index is 13.1. The second-order valence-electron chi connectivity index (χ2n) is 10.4. The van der Waals surface area contributed by atoms with Crippen LogP contribution in [0, 0.1) is 0 Å². The van der Waals surface area contributed by atoms with E-state index in [9.17, 15) is 14.7 Å². The van der Waals surface area contributed by atoms with E-state index in [1.807, 2.05) is 29.6 Å². The number of carbonyl (C=O) groups excluding carboxylic acids is 2. The van der Waals surface area contributed by atoms with Crippen molar-refractivity contribution in [2.45, 2.75) is 70.4 Å². The number of aliphatic hydroxyl groups is 1. The van der Waals surface area contributed by atoms with Gasteiger partial charge in [-0.2, -0.15) is 5.10 Å². The van der Waals surface area contributed by atoms with Gasteiger partial charge in [0.1, 0.15) is 5.75 Å². The summed E-state index contributed by atoms with van der Waals surface area (Å²) in [4.78, 5) is 28.1. The summed E-state index contributed by atoms with van der Waals surface area (Å²) in [6.07, 6.45) is 5.96. The Morgan fingerprint density at radius 2 is 1.86 bits per heavy atom. The van der Waals surface area contributed by atoms with Crippen LogP contribution in [-0.2, 0) is 10.5 Å². The van der Waals surface area contributed by atoms with Crippen molar-refractivity contribution in [3.63, 3.8) is 0 Å². The molecule has 196 valence electrons. The Hall–Kier alpha value is -2.94. The third-order valence-corrected chi connectivity index (χ3v) is 7.53. The molecule has 1 amide bonds. The largest absolute Gasteiger partial charge is 0.489 e. The van der Waals surface area contributed by atoms with Gasteiger partial charge in [0.25, 0.3) is 5.91 Å². The SMILES string of the molecule is CC(C)n1cc2cc(C(=O)C(=O)N[C@H](C)[C@](O)(c3ccc(OC4CC4)c(Cl)c3)N3CCCC3)ccc2n1. The second kappa shape index (κ2) is 10.1. The van der Waals surface area contributed by atoms with Crippen molar-refractivity contribution in [1.29, 1.82) is 0 Å². The number of hydrogen-bond donors (Lipinski definition) is 2. The number of nitrogens with zero attached hydrogens (tertiary/aromatic N) is 3. The fourth-order valence-corrected chi connectivity index (χ4v) is 5.12. The number of ether oxygens (including phenoxy) is 1. The Kier molecular flexibility index (Phi) is 7.00. The predicted molar refractivity (Wildman–Crippen MR) is 142 cm³/mol. The van der Waals surface area contributed by atoms with Gasteiger partial charge in [-0.05, 0) is 76.8 Å². The summed E-state index contributed by atoms with van der Waals surface area (Å²) < 4.78 is 7.67. The minimum absolute atomic E-state index is 0.182. The number of hydrogen-bond acceptors (Lipinski definition) is 6. The molecule has 2 aliphatic rings. The number of nitrogens with one attached hydrogen (secondary N) is 1. The normalized spacial score (nSPS) is 18.6. The van der Waals surface area contributed by atoms with Gasteiger partial charge in [-0.3, -0.25) is 19.2 Å². The van der Waals surface area contributed by atoms with E-state index in [1.165, 1.54) is 0 Å². The number of benzene rings is 2. The number of carbonyl (C=O) groups is 2. The summed E-state index contributed by atoms with van der Waals surface area (Å²) >= 11 is 6.52. The van der Waals surface area contributed by atoms with E-state index in [0.29, 0.717) is 29.4 Å². The number of halogens is 1. The van der Waals surface area contributed by atoms with Crippen LogP contribution < -0.4 is 10.1 Å². The van der Waals surface area contributed by atoms with Crippen LogP contribution in [0.3, 0.4) is 0 Å². The number of fused-ring (bicyclic) bond motifs is 1. The first-order valence-corrected chi connectivity index (χ1v) is 13.3. The van der Waals surface area contributed by atoms with Crippen molar-refractivity contribution in [3.05, 3.63) is 58.7 Å². The molecule has 0 radical (unpaired) electrons. The van der Waals surface area contributed by atoms with Gasteiger partial charge in [0.15, 0.2) is 5.72 Å². The number of likely N-dealkylation sites (tertiary alicyclic amines) is 1. The van der Waals surface area contributed by atoms with E-state index in [0.717, 1.165) is 36.6 Å². The monoisotopic (exact) mass is 524 g/mol. The van der Waals surface area contributed by atoms with E-state index in [1.54, 1.807) is 43.3 Å². The van der Waals surface area contributed by atoms with Crippen molar-refractivity contribution < 1.29 is 19.4 Å². The van der Waals surface area contributed by atoms with Crippen molar-refractivity contribution in [1.82, 2.24) is 20.0 Å². The zero-order valence-corrected chi connectivity index (χ0v) is 22.2. The molecule has 2 fully saturated rings. The molecule has 5 rings (SSSR count). The molecule has 0 spiro atoms. The van der Waals surface area contributed by atoms with Crippen molar-refractivity contribution in [2.75, 3.05) is 13.1 Å². The first-order valence-electron chi connectivity index (χ1n) is 12.9. The molecule has 1 aromatic heterocycles. The molecule has 3 aromatic rings. The Morgan fingerprint density at radius 1 is 1.14 bits per heavy atom. The van der Waals surface area contributed by atoms with E-state index < -0.39 is 23.5 Å². The minimum Gasteiger partial charge on any atom is -0.489 e. The molecule has 0 bridgehead atoms. The molecule has 2 heterocycles. The molecule has 9 heteroatoms. The smallest absolute Gasteiger partial charge is 0.292 e. The zero-order valence-electron chi connectivity index (χ0n) is 21.4. The van der Waals surface area contributed by atoms with Crippen LogP contribution >= 0.6 is 11.6 Å². The highest BCUT2D eigenvalue weighted by atomic mass is 35.5. The van der Waals surface area contributed by atoms with Gasteiger partial charge in [-0.15, -0.1) is 0 Å². The Bertz CT molecular complexity index is 1330. The summed E-state index contributed by atoms with van der Waals surface area (Å²) in [5.74, 6) is -0.860. The fraction of sp³-hybridized carbons (Fsp3) is 0.464. The maximum absolute atomic E-state index is 13.1. The lowest BCUT2D eigenvalue weighted by atomic mass is 9.93. The standard InChI is InChI=1S/C28H33ClN4O4/c1-17(2)33-16-20-14-19(6-10-24(20)31-33)26(34)27(35)30-18(3)28(36,32-12-4-5-13-32)21-7-11-25(23(29)15-21)37-22-8-9-22/h6-7,10-11,14-18,22,36H,4-5,8-9,12-13H2,1-3H3,(H,30,35)/t18-,28+/m1/s1. The van der Waals surface area contributed by atoms with E-state index >= 15 is 0 Å². The molecule has 1 saturated heterocycles. The molecule has 2 N–H and O–H groups in total. The maximum Gasteiger partial charge on any atom is 0.292 e. The molecular weight excluding hydrogens is 492 g/mol. The molecule has 2 aromatic carbocycles. The highest BCUT2D eigenvalue weighted by molar-refractivity contribution is 6.43. The number of rotatable bonds is 9. The summed E-state index contributed by atoms with van der Waals surface area (Å²) in [5, 5.41) is 20.5. The summed E-state index contributed by atoms with van der Waals surface area (Å²) in [7, 11) is 0. The van der Waals surface area contributed by atoms with Crippen molar-refractivity contribution >= 4 is 34.2 Å². The lowest BCUT2D eigenvalue weighted by Gasteiger charge is -2.42. The average Bonchev–Trinajstić information content (AvgIpc) is 3.33. The van der Waals surface area contributed by atoms with Crippen LogP contribution in [0.2, 0.25) is 5.02 Å². The minimum atomic E-state index is -1.55. The quantitative estimate of drug-likeness (QED) is 0.317. The Balaban J connectivity index is 1.38. The molecule has 1 aliphatic heterocycles. The van der Waals surface area contributed by atoms with Gasteiger partial charge in [0.2, 0.25) is 5.78 Å². The van der Waals surface area contributed by atoms with Crippen LogP contribution in [0.15, 0.2) is 42.6 Å². The Morgan fingerprint density at radius 3 is 2.51 bits per heavy atom. The van der Waals surface area contributed by atoms with E-state index in [-0.39, 0.29) is 17.7 Å². The lowest BCUT2D eigenvalue weighted by molar-refractivity contribution is -0.139. The second-order valence-corrected chi connectivity index (χ2v) is 10.8. The van der Waals surface area contributed by atoms with Crippen LogP contribution in [0.1, 0.15) is 68.4 Å². The molecule has 0 unspecified atom stereocenters. The van der Waals surface area contributed by atoms with Crippen LogP contribution in [-0.4, -0.2) is 56.7 Å². The number of Topliss-reactive ketones (excluding diaryl/α,β-unsaturated/α-hetero) is 1. The van der Waals surface area contributed by atoms with Gasteiger partial charge < -0.3 is 15.2 Å². The van der Waals surface area contributed by atoms with Gasteiger partial charge >= 0.3 is 0 Å². The first-order chi connectivity index (χ1) is 17.7. The number of ketones is 1. The van der Waals surface area contributed by atoms with E-state index in [4.69, 9.17) is 16.3 Å². The lowest BCUT2D eigenvalue weighted by Crippen LogP contribution is -2.59. The van der Waals surface area contributed by atoms with Crippen molar-refractivity contribution in [3.8, 4) is 5.75 Å². The molecule has 37 heavy (non-hydrogen) atoms. The molecule has 8 nitrogen and oxygen atoms in total. The highest BCUT2D eigenvalue weighted by Crippen LogP contribution is 2.38. The summed E-state index contributed by atoms with van der Waals surface area (Å²) in [5.41, 5.74) is 0.0323. The fourth-order valence-electron chi connectivity index (χ4n) is 4.90. The van der Waals surface area contributed by atoms with Crippen LogP contribution in [0.25, 0.3) is 10.9 Å². The molecular formula is C28H33ClN4O4. The third-order valence-electron chi connectivity index (χ3n) is 7.23. The number of aromatic nitrogens is 2. The number of amides is 1. The molecule has 1 aliphatic carbocycles. The first kappa shape index (κ1) is 25.7. The van der Waals surface area contributed by atoms with Crippen molar-refractivity contribution in [2.24, 2.45) is 0 Å².